The largest absolute Gasteiger partial charge is 0.496 e. The molecule has 0 bridgehead atoms. The predicted octanol–water partition coefficient (Wildman–Crippen LogP) is 6.87. The molecule has 0 aromatic heterocycles. The number of fused-ring (bicyclic) bond motifs is 1. The van der Waals surface area contributed by atoms with Crippen molar-refractivity contribution in [2.24, 2.45) is 0 Å². The van der Waals surface area contributed by atoms with Gasteiger partial charge in [-0.05, 0) is 35.1 Å². The van der Waals surface area contributed by atoms with Crippen LogP contribution in [0.3, 0.4) is 0 Å². The lowest BCUT2D eigenvalue weighted by Crippen LogP contribution is -2.46. The van der Waals surface area contributed by atoms with E-state index in [9.17, 15) is 18.0 Å². The van der Waals surface area contributed by atoms with E-state index in [0.717, 1.165) is 44.7 Å². The smallest absolute Gasteiger partial charge is 0.492 e. The molecule has 42 heavy (non-hydrogen) atoms. The summed E-state index contributed by atoms with van der Waals surface area (Å²) >= 11 is 0. The normalized spacial score (nSPS) is 17.6. The first-order chi connectivity index (χ1) is 20.3. The molecule has 1 aliphatic rings. The zero-order valence-corrected chi connectivity index (χ0v) is 23.2. The molecule has 2 unspecified atom stereocenters. The fourth-order valence-corrected chi connectivity index (χ4v) is 5.26. The van der Waals surface area contributed by atoms with E-state index in [1.807, 2.05) is 91.0 Å². The molecule has 5 rings (SSSR count). The zero-order valence-electron chi connectivity index (χ0n) is 23.2. The van der Waals surface area contributed by atoms with Crippen LogP contribution in [-0.4, -0.2) is 50.1 Å². The number of hydrogen-bond donors (Lipinski definition) is 0. The first-order valence-electron chi connectivity index (χ1n) is 13.8. The summed E-state index contributed by atoms with van der Waals surface area (Å²) in [6.07, 6.45) is -4.45. The van der Waals surface area contributed by atoms with Gasteiger partial charge < -0.3 is 19.0 Å². The molecule has 0 aliphatic carbocycles. The van der Waals surface area contributed by atoms with Crippen molar-refractivity contribution in [1.29, 1.82) is 0 Å². The predicted molar refractivity (Wildman–Crippen MR) is 152 cm³/mol. The van der Waals surface area contributed by atoms with Crippen molar-refractivity contribution in [3.8, 4) is 11.5 Å². The van der Waals surface area contributed by atoms with Crippen LogP contribution in [0, 0.1) is 0 Å². The Morgan fingerprint density at radius 3 is 2.40 bits per heavy atom. The van der Waals surface area contributed by atoms with Gasteiger partial charge in [0.2, 0.25) is 0 Å². The van der Waals surface area contributed by atoms with E-state index >= 15 is 0 Å². The molecule has 6 nitrogen and oxygen atoms in total. The fraction of sp³-hybridized carbons (Fsp3) is 0.303. The second kappa shape index (κ2) is 13.3. The van der Waals surface area contributed by atoms with Gasteiger partial charge in [-0.1, -0.05) is 78.9 Å². The minimum atomic E-state index is -5.08. The Balaban J connectivity index is 1.30. The number of alkyl halides is 3. The summed E-state index contributed by atoms with van der Waals surface area (Å²) in [6, 6.07) is 29.4. The van der Waals surface area contributed by atoms with Crippen LogP contribution in [0.2, 0.25) is 0 Å². The number of ether oxygens (including phenoxy) is 3. The maximum absolute atomic E-state index is 12.9. The van der Waals surface area contributed by atoms with Crippen molar-refractivity contribution in [2.45, 2.75) is 37.6 Å². The van der Waals surface area contributed by atoms with Crippen LogP contribution in [0.1, 0.15) is 29.0 Å². The molecule has 1 fully saturated rings. The van der Waals surface area contributed by atoms with E-state index in [2.05, 4.69) is 4.84 Å². The molecular weight excluding hydrogens is 547 g/mol. The number of para-hydroxylation sites is 1. The highest BCUT2D eigenvalue weighted by atomic mass is 19.4. The summed E-state index contributed by atoms with van der Waals surface area (Å²) in [4.78, 5) is 16.2. The zero-order chi connectivity index (χ0) is 29.5. The molecule has 1 heterocycles. The van der Waals surface area contributed by atoms with Gasteiger partial charge in [-0.2, -0.15) is 13.2 Å². The molecule has 0 N–H and O–H groups in total. The van der Waals surface area contributed by atoms with Crippen molar-refractivity contribution >= 4 is 16.7 Å². The summed E-state index contributed by atoms with van der Waals surface area (Å²) in [5, 5.41) is 3.01. The van der Waals surface area contributed by atoms with E-state index in [-0.39, 0.29) is 25.6 Å². The highest BCUT2D eigenvalue weighted by molar-refractivity contribution is 5.89. The minimum absolute atomic E-state index is 0.00491. The molecule has 0 spiro atoms. The molecule has 220 valence electrons. The number of carbonyl (C=O) groups is 1. The first kappa shape index (κ1) is 29.4. The topological polar surface area (TPSA) is 57.2 Å². The number of benzene rings is 4. The van der Waals surface area contributed by atoms with E-state index in [1.54, 1.807) is 7.11 Å². The molecule has 9 heteroatoms. The molecule has 2 atom stereocenters. The number of methoxy groups -OCH3 is 1. The SMILES string of the molecule is COc1c(COC2CN(OC(=O)C(F)(F)F)CCC2c2ccc(CCOc3ccccc3)cc2)ccc2ccccc12. The summed E-state index contributed by atoms with van der Waals surface area (Å²) in [5.74, 6) is -0.858. The average Bonchev–Trinajstić information content (AvgIpc) is 3.00. The van der Waals surface area contributed by atoms with Crippen molar-refractivity contribution in [2.75, 3.05) is 26.8 Å². The third kappa shape index (κ3) is 7.21. The van der Waals surface area contributed by atoms with E-state index in [4.69, 9.17) is 14.2 Å². The van der Waals surface area contributed by atoms with Gasteiger partial charge >= 0.3 is 12.1 Å². The summed E-state index contributed by atoms with van der Waals surface area (Å²) < 4.78 is 56.5. The lowest BCUT2D eigenvalue weighted by atomic mass is 9.87. The van der Waals surface area contributed by atoms with E-state index < -0.39 is 18.2 Å². The standard InChI is InChI=1S/C33H32F3NO5/c1-39-31-26(16-15-24-7-5-6-10-29(24)31)22-41-30-21-37(42-32(38)33(34,35)36)19-17-28(30)25-13-11-23(12-14-25)18-20-40-27-8-3-2-4-9-27/h2-16,28,30H,17-22H2,1H3. The molecule has 0 radical (unpaired) electrons. The van der Waals surface area contributed by atoms with Crippen LogP contribution in [0.15, 0.2) is 91.0 Å². The van der Waals surface area contributed by atoms with E-state index in [1.165, 1.54) is 0 Å². The molecule has 1 saturated heterocycles. The van der Waals surface area contributed by atoms with Gasteiger partial charge in [-0.3, -0.25) is 0 Å². The van der Waals surface area contributed by atoms with Crippen LogP contribution in [-0.2, 0) is 27.4 Å². The van der Waals surface area contributed by atoms with Gasteiger partial charge in [0.15, 0.2) is 0 Å². The Morgan fingerprint density at radius 1 is 0.929 bits per heavy atom. The van der Waals surface area contributed by atoms with Crippen LogP contribution in [0.4, 0.5) is 13.2 Å². The van der Waals surface area contributed by atoms with E-state index in [0.29, 0.717) is 18.8 Å². The lowest BCUT2D eigenvalue weighted by Gasteiger charge is -2.37. The second-order valence-corrected chi connectivity index (χ2v) is 10.1. The van der Waals surface area contributed by atoms with Crippen molar-refractivity contribution in [3.05, 3.63) is 108 Å². The molecule has 1 aliphatic heterocycles. The molecule has 0 saturated carbocycles. The van der Waals surface area contributed by atoms with Gasteiger partial charge in [-0.15, -0.1) is 5.06 Å². The second-order valence-electron chi connectivity index (χ2n) is 10.1. The number of nitrogens with zero attached hydrogens (tertiary/aromatic N) is 1. The highest BCUT2D eigenvalue weighted by Gasteiger charge is 2.44. The number of hydrogen-bond acceptors (Lipinski definition) is 6. The Hall–Kier alpha value is -4.08. The van der Waals surface area contributed by atoms with Gasteiger partial charge in [0.05, 0.1) is 33.0 Å². The molecule has 4 aromatic carbocycles. The van der Waals surface area contributed by atoms with Crippen LogP contribution in [0.5, 0.6) is 11.5 Å². The number of rotatable bonds is 10. The molecular formula is C33H32F3NO5. The van der Waals surface area contributed by atoms with Crippen LogP contribution in [0.25, 0.3) is 10.8 Å². The number of piperidine rings is 1. The first-order valence-corrected chi connectivity index (χ1v) is 13.8. The van der Waals surface area contributed by atoms with Gasteiger partial charge in [-0.25, -0.2) is 4.79 Å². The summed E-state index contributed by atoms with van der Waals surface area (Å²) in [5.41, 5.74) is 2.91. The average molecular weight is 580 g/mol. The van der Waals surface area contributed by atoms with Gasteiger partial charge in [0.25, 0.3) is 0 Å². The van der Waals surface area contributed by atoms with Crippen molar-refractivity contribution in [3.63, 3.8) is 0 Å². The van der Waals surface area contributed by atoms with Gasteiger partial charge in [0, 0.05) is 29.8 Å². The third-order valence-corrected chi connectivity index (χ3v) is 7.39. The van der Waals surface area contributed by atoms with Crippen molar-refractivity contribution in [1.82, 2.24) is 5.06 Å². The fourth-order valence-electron chi connectivity index (χ4n) is 5.26. The number of carbonyl (C=O) groups excluding carboxylic acids is 1. The maximum atomic E-state index is 12.9. The summed E-state index contributed by atoms with van der Waals surface area (Å²) in [6.45, 7) is 0.851. The van der Waals surface area contributed by atoms with Crippen molar-refractivity contribution < 1.29 is 37.0 Å². The maximum Gasteiger partial charge on any atom is 0.492 e. The number of hydroxylamine groups is 2. The number of halogens is 3. The van der Waals surface area contributed by atoms with Crippen LogP contribution < -0.4 is 9.47 Å². The minimum Gasteiger partial charge on any atom is -0.496 e. The Kier molecular flexibility index (Phi) is 9.29. The lowest BCUT2D eigenvalue weighted by molar-refractivity contribution is -0.248. The molecule has 0 amide bonds. The Labute approximate surface area is 242 Å². The van der Waals surface area contributed by atoms with Crippen LogP contribution >= 0.6 is 0 Å². The highest BCUT2D eigenvalue weighted by Crippen LogP contribution is 2.35. The third-order valence-electron chi connectivity index (χ3n) is 7.39. The summed E-state index contributed by atoms with van der Waals surface area (Å²) in [7, 11) is 1.60. The Bertz CT molecular complexity index is 1480. The molecule has 4 aromatic rings. The monoisotopic (exact) mass is 579 g/mol. The quantitative estimate of drug-likeness (QED) is 0.205. The Morgan fingerprint density at radius 2 is 1.67 bits per heavy atom. The van der Waals surface area contributed by atoms with Gasteiger partial charge in [0.1, 0.15) is 11.5 Å².